The van der Waals surface area contributed by atoms with Crippen molar-refractivity contribution in [3.63, 3.8) is 0 Å². The zero-order chi connectivity index (χ0) is 11.1. The van der Waals surface area contributed by atoms with E-state index in [4.69, 9.17) is 5.26 Å². The maximum absolute atomic E-state index is 9.03. The Balaban J connectivity index is 2.32. The van der Waals surface area contributed by atoms with Crippen LogP contribution in [0.15, 0.2) is 9.85 Å². The van der Waals surface area contributed by atoms with E-state index >= 15 is 0 Å². The molecule has 0 bridgehead atoms. The summed E-state index contributed by atoms with van der Waals surface area (Å²) in [6.45, 7) is 4.75. The minimum Gasteiger partial charge on any atom is -0.300 e. The fourth-order valence-corrected chi connectivity index (χ4v) is 2.86. The molecule has 0 aliphatic rings. The molecule has 1 atom stereocenters. The molecule has 1 aromatic rings. The average Bonchev–Trinajstić information content (AvgIpc) is 2.71. The molecule has 0 radical (unpaired) electrons. The number of nitrogens with one attached hydrogen (secondary N) is 1. The first kappa shape index (κ1) is 12.4. The number of aromatic nitrogens is 2. The predicted octanol–water partition coefficient (Wildman–Crippen LogP) is 1.91. The molecule has 1 heterocycles. The lowest BCUT2D eigenvalue weighted by Gasteiger charge is -2.21. The van der Waals surface area contributed by atoms with Gasteiger partial charge in [0, 0.05) is 5.75 Å². The second kappa shape index (κ2) is 6.05. The van der Waals surface area contributed by atoms with Crippen LogP contribution in [0.25, 0.3) is 0 Å². The van der Waals surface area contributed by atoms with Gasteiger partial charge in [-0.15, -0.1) is 10.2 Å². The van der Waals surface area contributed by atoms with Crippen LogP contribution in [0.4, 0.5) is 0 Å². The lowest BCUT2D eigenvalue weighted by atomic mass is 10.0. The maximum Gasteiger partial charge on any atom is 0.174 e. The Morgan fingerprint density at radius 3 is 3.07 bits per heavy atom. The molecule has 1 N–H and O–H groups in total. The number of rotatable bonds is 6. The summed E-state index contributed by atoms with van der Waals surface area (Å²) in [5.74, 6) is 0.881. The summed E-state index contributed by atoms with van der Waals surface area (Å²) in [4.78, 5) is 0. The Hall–Kier alpha value is -0.640. The molecule has 0 aliphatic heterocycles. The zero-order valence-corrected chi connectivity index (χ0v) is 10.5. The molecule has 1 unspecified atom stereocenters. The number of nitriles is 1. The topological polar surface area (TPSA) is 61.6 Å². The molecule has 0 amide bonds. The summed E-state index contributed by atoms with van der Waals surface area (Å²) in [7, 11) is 0. The van der Waals surface area contributed by atoms with Crippen LogP contribution in [0.3, 0.4) is 0 Å². The monoisotopic (exact) mass is 242 g/mol. The molecular weight excluding hydrogens is 228 g/mol. The molecule has 15 heavy (non-hydrogen) atoms. The largest absolute Gasteiger partial charge is 0.300 e. The van der Waals surface area contributed by atoms with Crippen LogP contribution in [0, 0.1) is 11.3 Å². The molecule has 6 heteroatoms. The highest BCUT2D eigenvalue weighted by Crippen LogP contribution is 2.22. The molecule has 1 rings (SSSR count). The molecule has 82 valence electrons. The smallest absolute Gasteiger partial charge is 0.174 e. The van der Waals surface area contributed by atoms with Crippen molar-refractivity contribution in [2.75, 3.05) is 12.3 Å². The Labute approximate surface area is 98.1 Å². The predicted molar refractivity (Wildman–Crippen MR) is 62.9 cm³/mol. The lowest BCUT2D eigenvalue weighted by Crippen LogP contribution is -2.41. The van der Waals surface area contributed by atoms with E-state index in [0.29, 0.717) is 0 Å². The summed E-state index contributed by atoms with van der Waals surface area (Å²) < 4.78 is 0.965. The van der Waals surface area contributed by atoms with Crippen molar-refractivity contribution in [1.82, 2.24) is 15.5 Å². The van der Waals surface area contributed by atoms with E-state index in [-0.39, 0.29) is 0 Å². The SMILES string of the molecule is CCNC(C)(C#N)CCSc1nncs1. The molecular formula is C9H14N4S2. The van der Waals surface area contributed by atoms with Gasteiger partial charge in [-0.25, -0.2) is 0 Å². The number of thioether (sulfide) groups is 1. The first-order valence-corrected chi connectivity index (χ1v) is 6.62. The minimum atomic E-state index is -0.424. The second-order valence-corrected chi connectivity index (χ2v) is 5.45. The molecule has 0 saturated carbocycles. The average molecular weight is 242 g/mol. The van der Waals surface area contributed by atoms with Crippen LogP contribution in [0.5, 0.6) is 0 Å². The number of hydrogen-bond acceptors (Lipinski definition) is 6. The van der Waals surface area contributed by atoms with E-state index in [2.05, 4.69) is 21.6 Å². The van der Waals surface area contributed by atoms with Gasteiger partial charge in [0.05, 0.1) is 6.07 Å². The van der Waals surface area contributed by atoms with Crippen molar-refractivity contribution in [3.8, 4) is 6.07 Å². The van der Waals surface area contributed by atoms with Gasteiger partial charge in [0.15, 0.2) is 4.34 Å². The van der Waals surface area contributed by atoms with Crippen LogP contribution in [-0.4, -0.2) is 28.0 Å². The maximum atomic E-state index is 9.03. The highest BCUT2D eigenvalue weighted by atomic mass is 32.2. The molecule has 0 saturated heterocycles. The van der Waals surface area contributed by atoms with Crippen LogP contribution in [-0.2, 0) is 0 Å². The van der Waals surface area contributed by atoms with Crippen molar-refractivity contribution < 1.29 is 0 Å². The van der Waals surface area contributed by atoms with Gasteiger partial charge in [-0.05, 0) is 19.9 Å². The Morgan fingerprint density at radius 1 is 1.73 bits per heavy atom. The minimum absolute atomic E-state index is 0.424. The van der Waals surface area contributed by atoms with Gasteiger partial charge in [-0.3, -0.25) is 5.32 Å². The Kier molecular flexibility index (Phi) is 5.02. The molecule has 0 fully saturated rings. The molecule has 0 aromatic carbocycles. The van der Waals surface area contributed by atoms with Gasteiger partial charge in [-0.2, -0.15) is 5.26 Å². The summed E-state index contributed by atoms with van der Waals surface area (Å²) in [5.41, 5.74) is 1.29. The first-order valence-electron chi connectivity index (χ1n) is 4.75. The van der Waals surface area contributed by atoms with Crippen LogP contribution < -0.4 is 5.32 Å². The van der Waals surface area contributed by atoms with E-state index in [1.165, 1.54) is 11.3 Å². The van der Waals surface area contributed by atoms with Gasteiger partial charge in [0.1, 0.15) is 11.0 Å². The summed E-state index contributed by atoms with van der Waals surface area (Å²) >= 11 is 3.18. The Bertz CT molecular complexity index is 319. The van der Waals surface area contributed by atoms with Gasteiger partial charge < -0.3 is 0 Å². The van der Waals surface area contributed by atoms with E-state index in [0.717, 1.165) is 23.1 Å². The lowest BCUT2D eigenvalue weighted by molar-refractivity contribution is 0.450. The van der Waals surface area contributed by atoms with Crippen molar-refractivity contribution in [1.29, 1.82) is 5.26 Å². The molecule has 1 aromatic heterocycles. The third-order valence-corrected chi connectivity index (χ3v) is 3.84. The van der Waals surface area contributed by atoms with Crippen LogP contribution in [0.2, 0.25) is 0 Å². The fraction of sp³-hybridized carbons (Fsp3) is 0.667. The molecule has 0 spiro atoms. The van der Waals surface area contributed by atoms with Crippen molar-refractivity contribution in [3.05, 3.63) is 5.51 Å². The van der Waals surface area contributed by atoms with Gasteiger partial charge in [0.2, 0.25) is 0 Å². The van der Waals surface area contributed by atoms with Gasteiger partial charge >= 0.3 is 0 Å². The zero-order valence-electron chi connectivity index (χ0n) is 8.86. The summed E-state index contributed by atoms with van der Waals surface area (Å²) in [6.07, 6.45) is 0.807. The van der Waals surface area contributed by atoms with Crippen molar-refractivity contribution >= 4 is 23.1 Å². The highest BCUT2D eigenvalue weighted by molar-refractivity contribution is 8.00. The number of hydrogen-bond donors (Lipinski definition) is 1. The van der Waals surface area contributed by atoms with Gasteiger partial charge in [0.25, 0.3) is 0 Å². The molecule has 0 aliphatic carbocycles. The van der Waals surface area contributed by atoms with Crippen LogP contribution in [0.1, 0.15) is 20.3 Å². The third kappa shape index (κ3) is 4.16. The van der Waals surface area contributed by atoms with E-state index < -0.39 is 5.54 Å². The van der Waals surface area contributed by atoms with Gasteiger partial charge in [-0.1, -0.05) is 30.0 Å². The fourth-order valence-electron chi connectivity index (χ4n) is 1.14. The summed E-state index contributed by atoms with van der Waals surface area (Å²) in [6, 6.07) is 2.30. The van der Waals surface area contributed by atoms with Crippen molar-refractivity contribution in [2.45, 2.75) is 30.1 Å². The standard InChI is InChI=1S/C9H14N4S2/c1-3-11-9(2,6-10)4-5-14-8-13-12-7-15-8/h7,11H,3-5H2,1-2H3. The summed E-state index contributed by atoms with van der Waals surface area (Å²) in [5, 5.41) is 19.9. The van der Waals surface area contributed by atoms with Crippen LogP contribution >= 0.6 is 23.1 Å². The third-order valence-electron chi connectivity index (χ3n) is 1.98. The first-order chi connectivity index (χ1) is 7.20. The highest BCUT2D eigenvalue weighted by Gasteiger charge is 2.21. The Morgan fingerprint density at radius 2 is 2.53 bits per heavy atom. The van der Waals surface area contributed by atoms with E-state index in [9.17, 15) is 0 Å². The van der Waals surface area contributed by atoms with E-state index in [1.807, 2.05) is 13.8 Å². The van der Waals surface area contributed by atoms with Crippen molar-refractivity contribution in [2.24, 2.45) is 0 Å². The second-order valence-electron chi connectivity index (χ2n) is 3.28. The number of nitrogens with zero attached hydrogens (tertiary/aromatic N) is 3. The quantitative estimate of drug-likeness (QED) is 0.772. The van der Waals surface area contributed by atoms with E-state index in [1.54, 1.807) is 17.3 Å². The normalized spacial score (nSPS) is 14.5. The molecule has 4 nitrogen and oxygen atoms in total.